The molecule has 1 amide bonds. The first-order valence-corrected chi connectivity index (χ1v) is 10.7. The van der Waals surface area contributed by atoms with E-state index in [1.807, 2.05) is 42.5 Å². The number of thiazole rings is 1. The number of nitrogens with zero attached hydrogens (tertiary/aromatic N) is 2. The Morgan fingerprint density at radius 3 is 2.54 bits per heavy atom. The van der Waals surface area contributed by atoms with E-state index in [2.05, 4.69) is 27.3 Å². The Kier molecular flexibility index (Phi) is 6.05. The molecule has 144 valence electrons. The second-order valence-electron chi connectivity index (χ2n) is 7.05. The van der Waals surface area contributed by atoms with Gasteiger partial charge in [-0.1, -0.05) is 54.1 Å². The number of carbonyl (C=O) groups excluding carboxylic acids is 1. The topological polar surface area (TPSA) is 45.2 Å². The van der Waals surface area contributed by atoms with E-state index >= 15 is 0 Å². The van der Waals surface area contributed by atoms with E-state index in [-0.39, 0.29) is 11.9 Å². The molecule has 0 unspecified atom stereocenters. The highest BCUT2D eigenvalue weighted by atomic mass is 35.5. The van der Waals surface area contributed by atoms with Crippen molar-refractivity contribution in [2.75, 3.05) is 13.1 Å². The molecule has 1 aliphatic rings. The molecule has 0 saturated carbocycles. The van der Waals surface area contributed by atoms with Gasteiger partial charge in [-0.2, -0.15) is 0 Å². The predicted molar refractivity (Wildman–Crippen MR) is 115 cm³/mol. The summed E-state index contributed by atoms with van der Waals surface area (Å²) in [5.74, 6) is -0.0177. The van der Waals surface area contributed by atoms with E-state index in [0.29, 0.717) is 4.88 Å². The van der Waals surface area contributed by atoms with Crippen LogP contribution in [-0.4, -0.2) is 34.9 Å². The molecule has 1 saturated heterocycles. The third-order valence-electron chi connectivity index (χ3n) is 4.99. The van der Waals surface area contributed by atoms with Gasteiger partial charge in [-0.15, -0.1) is 11.3 Å². The molecule has 2 aromatic carbocycles. The van der Waals surface area contributed by atoms with Gasteiger partial charge in [0.15, 0.2) is 0 Å². The quantitative estimate of drug-likeness (QED) is 0.652. The fraction of sp³-hybridized carbons (Fsp3) is 0.273. The standard InChI is InChI=1S/C22H22ClN3OS/c23-18-8-6-16(7-9-18)15-26-12-10-19(11-13-26)25-21(27)20-14-24-22(28-20)17-4-2-1-3-5-17/h1-9,14,19H,10-13,15H2,(H,25,27). The summed E-state index contributed by atoms with van der Waals surface area (Å²) in [6.07, 6.45) is 3.60. The van der Waals surface area contributed by atoms with E-state index in [0.717, 1.165) is 48.1 Å². The van der Waals surface area contributed by atoms with Gasteiger partial charge in [-0.3, -0.25) is 9.69 Å². The van der Waals surface area contributed by atoms with Gasteiger partial charge >= 0.3 is 0 Å². The zero-order chi connectivity index (χ0) is 19.3. The Morgan fingerprint density at radius 2 is 1.82 bits per heavy atom. The monoisotopic (exact) mass is 411 g/mol. The molecule has 1 fully saturated rings. The number of likely N-dealkylation sites (tertiary alicyclic amines) is 1. The molecule has 0 radical (unpaired) electrons. The number of amides is 1. The molecule has 0 bridgehead atoms. The third-order valence-corrected chi connectivity index (χ3v) is 6.29. The Morgan fingerprint density at radius 1 is 1.11 bits per heavy atom. The summed E-state index contributed by atoms with van der Waals surface area (Å²) in [5, 5.41) is 4.82. The van der Waals surface area contributed by atoms with E-state index in [1.54, 1.807) is 6.20 Å². The van der Waals surface area contributed by atoms with Gasteiger partial charge < -0.3 is 5.32 Å². The molecule has 0 aliphatic carbocycles. The number of aromatic nitrogens is 1. The van der Waals surface area contributed by atoms with Gasteiger partial charge in [0, 0.05) is 36.3 Å². The molecular weight excluding hydrogens is 390 g/mol. The van der Waals surface area contributed by atoms with Gasteiger partial charge in [-0.05, 0) is 30.5 Å². The van der Waals surface area contributed by atoms with Crippen LogP contribution in [0.2, 0.25) is 5.02 Å². The van der Waals surface area contributed by atoms with Crippen LogP contribution >= 0.6 is 22.9 Å². The van der Waals surface area contributed by atoms with Crippen molar-refractivity contribution in [3.63, 3.8) is 0 Å². The number of nitrogens with one attached hydrogen (secondary N) is 1. The maximum absolute atomic E-state index is 12.6. The molecule has 0 spiro atoms. The molecule has 28 heavy (non-hydrogen) atoms. The van der Waals surface area contributed by atoms with Crippen LogP contribution in [0.15, 0.2) is 60.8 Å². The zero-order valence-corrected chi connectivity index (χ0v) is 17.0. The van der Waals surface area contributed by atoms with Crippen molar-refractivity contribution in [2.45, 2.75) is 25.4 Å². The minimum absolute atomic E-state index is 0.0177. The van der Waals surface area contributed by atoms with Crippen molar-refractivity contribution >= 4 is 28.8 Å². The zero-order valence-electron chi connectivity index (χ0n) is 15.5. The Bertz CT molecular complexity index is 918. The van der Waals surface area contributed by atoms with Crippen molar-refractivity contribution in [3.05, 3.63) is 76.3 Å². The van der Waals surface area contributed by atoms with Crippen LogP contribution in [0.1, 0.15) is 28.1 Å². The fourth-order valence-electron chi connectivity index (χ4n) is 3.43. The lowest BCUT2D eigenvalue weighted by Gasteiger charge is -2.32. The largest absolute Gasteiger partial charge is 0.348 e. The molecule has 4 rings (SSSR count). The predicted octanol–water partition coefficient (Wildman–Crippen LogP) is 4.86. The number of hydrogen-bond acceptors (Lipinski definition) is 4. The number of halogens is 1. The lowest BCUT2D eigenvalue weighted by molar-refractivity contribution is 0.0913. The van der Waals surface area contributed by atoms with Crippen LogP contribution < -0.4 is 5.32 Å². The van der Waals surface area contributed by atoms with Gasteiger partial charge in [0.1, 0.15) is 9.88 Å². The lowest BCUT2D eigenvalue weighted by Crippen LogP contribution is -2.44. The molecular formula is C22H22ClN3OS. The average molecular weight is 412 g/mol. The van der Waals surface area contributed by atoms with Crippen molar-refractivity contribution < 1.29 is 4.79 Å². The first-order chi connectivity index (χ1) is 13.7. The average Bonchev–Trinajstić information content (AvgIpc) is 3.22. The second kappa shape index (κ2) is 8.86. The van der Waals surface area contributed by atoms with E-state index in [4.69, 9.17) is 11.6 Å². The highest BCUT2D eigenvalue weighted by Crippen LogP contribution is 2.25. The normalized spacial score (nSPS) is 15.5. The summed E-state index contributed by atoms with van der Waals surface area (Å²) in [5.41, 5.74) is 2.31. The van der Waals surface area contributed by atoms with Crippen molar-refractivity contribution in [1.29, 1.82) is 0 Å². The van der Waals surface area contributed by atoms with Gasteiger partial charge in [0.2, 0.25) is 0 Å². The van der Waals surface area contributed by atoms with Gasteiger partial charge in [0.25, 0.3) is 5.91 Å². The van der Waals surface area contributed by atoms with Crippen LogP contribution in [0.4, 0.5) is 0 Å². The van der Waals surface area contributed by atoms with Gasteiger partial charge in [-0.25, -0.2) is 4.98 Å². The summed E-state index contributed by atoms with van der Waals surface area (Å²) < 4.78 is 0. The van der Waals surface area contributed by atoms with Crippen LogP contribution in [0.25, 0.3) is 10.6 Å². The smallest absolute Gasteiger partial charge is 0.263 e. The summed E-state index contributed by atoms with van der Waals surface area (Å²) in [6, 6.07) is 18.2. The number of benzene rings is 2. The molecule has 1 aromatic heterocycles. The fourth-order valence-corrected chi connectivity index (χ4v) is 4.38. The Hall–Kier alpha value is -2.21. The van der Waals surface area contributed by atoms with Crippen LogP contribution in [0.5, 0.6) is 0 Å². The number of hydrogen-bond donors (Lipinski definition) is 1. The van der Waals surface area contributed by atoms with Crippen LogP contribution in [-0.2, 0) is 6.54 Å². The van der Waals surface area contributed by atoms with Crippen LogP contribution in [0.3, 0.4) is 0 Å². The minimum Gasteiger partial charge on any atom is -0.348 e. The number of piperidine rings is 1. The molecule has 6 heteroatoms. The highest BCUT2D eigenvalue weighted by molar-refractivity contribution is 7.16. The molecule has 2 heterocycles. The van der Waals surface area contributed by atoms with Crippen LogP contribution in [0, 0.1) is 0 Å². The number of rotatable bonds is 5. The molecule has 4 nitrogen and oxygen atoms in total. The first kappa shape index (κ1) is 19.1. The van der Waals surface area contributed by atoms with E-state index in [1.165, 1.54) is 16.9 Å². The van der Waals surface area contributed by atoms with E-state index in [9.17, 15) is 4.79 Å². The van der Waals surface area contributed by atoms with Gasteiger partial charge in [0.05, 0.1) is 6.20 Å². The summed E-state index contributed by atoms with van der Waals surface area (Å²) in [7, 11) is 0. The summed E-state index contributed by atoms with van der Waals surface area (Å²) in [6.45, 7) is 2.88. The Labute approximate surface area is 174 Å². The van der Waals surface area contributed by atoms with Crippen molar-refractivity contribution in [1.82, 2.24) is 15.2 Å². The maximum atomic E-state index is 12.6. The maximum Gasteiger partial charge on any atom is 0.263 e. The summed E-state index contributed by atoms with van der Waals surface area (Å²) in [4.78, 5) is 20.1. The molecule has 1 aliphatic heterocycles. The molecule has 1 N–H and O–H groups in total. The van der Waals surface area contributed by atoms with Crippen molar-refractivity contribution in [3.8, 4) is 10.6 Å². The molecule has 3 aromatic rings. The second-order valence-corrected chi connectivity index (χ2v) is 8.51. The number of carbonyl (C=O) groups is 1. The highest BCUT2D eigenvalue weighted by Gasteiger charge is 2.22. The Balaban J connectivity index is 1.28. The SMILES string of the molecule is O=C(NC1CCN(Cc2ccc(Cl)cc2)CC1)c1cnc(-c2ccccc2)s1. The third kappa shape index (κ3) is 4.79. The minimum atomic E-state index is -0.0177. The molecule has 0 atom stereocenters. The van der Waals surface area contributed by atoms with Crippen molar-refractivity contribution in [2.24, 2.45) is 0 Å². The van der Waals surface area contributed by atoms with E-state index < -0.39 is 0 Å². The first-order valence-electron chi connectivity index (χ1n) is 9.46. The summed E-state index contributed by atoms with van der Waals surface area (Å²) >= 11 is 7.39. The lowest BCUT2D eigenvalue weighted by atomic mass is 10.0.